The quantitative estimate of drug-likeness (QED) is 0.783. The normalized spacial score (nSPS) is 12.3. The van der Waals surface area contributed by atoms with Gasteiger partial charge in [0.05, 0.1) is 4.90 Å². The number of benzene rings is 1. The molecule has 0 heterocycles. The molecule has 120 valence electrons. The van der Waals surface area contributed by atoms with E-state index in [1.54, 1.807) is 6.92 Å². The summed E-state index contributed by atoms with van der Waals surface area (Å²) in [5.41, 5.74) is 5.54. The molecule has 0 unspecified atom stereocenters. The van der Waals surface area contributed by atoms with Gasteiger partial charge in [-0.25, -0.2) is 12.8 Å². The van der Waals surface area contributed by atoms with Crippen LogP contribution in [-0.2, 0) is 16.6 Å². The van der Waals surface area contributed by atoms with Crippen molar-refractivity contribution in [2.24, 2.45) is 5.73 Å². The Hall–Kier alpha value is -1.02. The van der Waals surface area contributed by atoms with Crippen LogP contribution in [0.3, 0.4) is 0 Å². The molecule has 21 heavy (non-hydrogen) atoms. The van der Waals surface area contributed by atoms with Crippen LogP contribution in [0.25, 0.3) is 0 Å². The van der Waals surface area contributed by atoms with E-state index in [9.17, 15) is 12.8 Å². The van der Waals surface area contributed by atoms with E-state index < -0.39 is 15.8 Å². The zero-order valence-electron chi connectivity index (χ0n) is 12.8. The largest absolute Gasteiger partial charge is 0.326 e. The summed E-state index contributed by atoms with van der Waals surface area (Å²) in [7, 11) is 0.149. The Labute approximate surface area is 126 Å². The van der Waals surface area contributed by atoms with E-state index in [2.05, 4.69) is 0 Å². The van der Waals surface area contributed by atoms with Gasteiger partial charge in [0.1, 0.15) is 5.82 Å². The van der Waals surface area contributed by atoms with Gasteiger partial charge >= 0.3 is 0 Å². The topological polar surface area (TPSA) is 66.6 Å². The Kier molecular flexibility index (Phi) is 6.73. The molecule has 0 aliphatic rings. The Morgan fingerprint density at radius 3 is 2.43 bits per heavy atom. The summed E-state index contributed by atoms with van der Waals surface area (Å²) in [6.07, 6.45) is 0.716. The highest BCUT2D eigenvalue weighted by atomic mass is 32.2. The Balaban J connectivity index is 3.05. The third-order valence-corrected chi connectivity index (χ3v) is 5.32. The van der Waals surface area contributed by atoms with E-state index in [0.717, 1.165) is 6.54 Å². The summed E-state index contributed by atoms with van der Waals surface area (Å²) < 4.78 is 40.4. The van der Waals surface area contributed by atoms with Gasteiger partial charge in [0, 0.05) is 25.2 Å². The molecule has 1 rings (SSSR count). The van der Waals surface area contributed by atoms with Crippen LogP contribution >= 0.6 is 0 Å². The summed E-state index contributed by atoms with van der Waals surface area (Å²) >= 11 is 0. The Bertz CT molecular complexity index is 561. The number of halogens is 1. The van der Waals surface area contributed by atoms with Crippen molar-refractivity contribution in [1.82, 2.24) is 9.21 Å². The Morgan fingerprint density at radius 2 is 1.90 bits per heavy atom. The molecule has 0 amide bonds. The molecule has 0 aliphatic carbocycles. The van der Waals surface area contributed by atoms with Crippen LogP contribution in [0.2, 0.25) is 0 Å². The minimum atomic E-state index is -3.72. The fraction of sp³-hybridized carbons (Fsp3) is 0.571. The first-order chi connectivity index (χ1) is 9.84. The SMILES string of the molecule is CCN(CCCN(C)C)S(=O)(=O)c1cccc(F)c1CN. The molecule has 0 bridgehead atoms. The predicted molar refractivity (Wildman–Crippen MR) is 81.9 cm³/mol. The van der Waals surface area contributed by atoms with Crippen molar-refractivity contribution in [1.29, 1.82) is 0 Å². The monoisotopic (exact) mass is 317 g/mol. The number of hydrogen-bond donors (Lipinski definition) is 1. The first kappa shape index (κ1) is 18.0. The molecule has 0 atom stereocenters. The number of nitrogens with two attached hydrogens (primary N) is 1. The third-order valence-electron chi connectivity index (χ3n) is 3.26. The molecule has 0 spiro atoms. The van der Waals surface area contributed by atoms with Crippen molar-refractivity contribution in [3.63, 3.8) is 0 Å². The molecule has 1 aromatic rings. The van der Waals surface area contributed by atoms with Gasteiger partial charge in [0.2, 0.25) is 10.0 Å². The van der Waals surface area contributed by atoms with E-state index in [1.807, 2.05) is 19.0 Å². The van der Waals surface area contributed by atoms with Crippen molar-refractivity contribution in [3.8, 4) is 0 Å². The van der Waals surface area contributed by atoms with Gasteiger partial charge in [0.25, 0.3) is 0 Å². The van der Waals surface area contributed by atoms with Crippen molar-refractivity contribution in [2.45, 2.75) is 24.8 Å². The van der Waals surface area contributed by atoms with Gasteiger partial charge in [-0.2, -0.15) is 4.31 Å². The highest BCUT2D eigenvalue weighted by Gasteiger charge is 2.26. The molecule has 0 saturated carbocycles. The van der Waals surface area contributed by atoms with Crippen LogP contribution in [0.5, 0.6) is 0 Å². The van der Waals surface area contributed by atoms with Gasteiger partial charge in [-0.05, 0) is 39.2 Å². The summed E-state index contributed by atoms with van der Waals surface area (Å²) in [6, 6.07) is 4.04. The zero-order chi connectivity index (χ0) is 16.0. The second-order valence-corrected chi connectivity index (χ2v) is 6.98. The maximum absolute atomic E-state index is 13.7. The number of rotatable bonds is 8. The molecule has 0 radical (unpaired) electrons. The smallest absolute Gasteiger partial charge is 0.243 e. The van der Waals surface area contributed by atoms with Gasteiger partial charge in [-0.15, -0.1) is 0 Å². The summed E-state index contributed by atoms with van der Waals surface area (Å²) in [6.45, 7) is 3.16. The zero-order valence-corrected chi connectivity index (χ0v) is 13.7. The molecule has 1 aromatic carbocycles. The second-order valence-electron chi connectivity index (χ2n) is 5.07. The van der Waals surface area contributed by atoms with Crippen molar-refractivity contribution in [3.05, 3.63) is 29.6 Å². The second kappa shape index (κ2) is 7.84. The van der Waals surface area contributed by atoms with Crippen LogP contribution in [0, 0.1) is 5.82 Å². The van der Waals surface area contributed by atoms with E-state index >= 15 is 0 Å². The summed E-state index contributed by atoms with van der Waals surface area (Å²) in [5.74, 6) is -0.581. The van der Waals surface area contributed by atoms with Crippen LogP contribution in [0.1, 0.15) is 18.9 Å². The van der Waals surface area contributed by atoms with Crippen LogP contribution in [0.15, 0.2) is 23.1 Å². The first-order valence-electron chi connectivity index (χ1n) is 6.97. The molecule has 0 fully saturated rings. The van der Waals surface area contributed by atoms with Crippen molar-refractivity contribution < 1.29 is 12.8 Å². The van der Waals surface area contributed by atoms with Gasteiger partial charge in [-0.1, -0.05) is 13.0 Å². The molecule has 2 N–H and O–H groups in total. The fourth-order valence-electron chi connectivity index (χ4n) is 2.13. The maximum Gasteiger partial charge on any atom is 0.243 e. The Morgan fingerprint density at radius 1 is 1.24 bits per heavy atom. The van der Waals surface area contributed by atoms with Crippen LogP contribution in [-0.4, -0.2) is 51.4 Å². The van der Waals surface area contributed by atoms with Crippen molar-refractivity contribution in [2.75, 3.05) is 33.7 Å². The summed E-state index contributed by atoms with van der Waals surface area (Å²) in [5, 5.41) is 0. The molecule has 0 saturated heterocycles. The van der Waals surface area contributed by atoms with Crippen molar-refractivity contribution >= 4 is 10.0 Å². The lowest BCUT2D eigenvalue weighted by Gasteiger charge is -2.22. The predicted octanol–water partition coefficient (Wildman–Crippen LogP) is 1.25. The van der Waals surface area contributed by atoms with E-state index in [-0.39, 0.29) is 17.0 Å². The van der Waals surface area contributed by atoms with E-state index in [0.29, 0.717) is 19.5 Å². The first-order valence-corrected chi connectivity index (χ1v) is 8.41. The van der Waals surface area contributed by atoms with Gasteiger partial charge in [0.15, 0.2) is 0 Å². The minimum absolute atomic E-state index is 0.0308. The van der Waals surface area contributed by atoms with Crippen LogP contribution < -0.4 is 5.73 Å². The number of sulfonamides is 1. The molecule has 7 heteroatoms. The molecule has 0 aromatic heterocycles. The highest BCUT2D eigenvalue weighted by molar-refractivity contribution is 7.89. The van der Waals surface area contributed by atoms with Gasteiger partial charge in [-0.3, -0.25) is 0 Å². The molecule has 5 nitrogen and oxygen atoms in total. The van der Waals surface area contributed by atoms with Crippen LogP contribution in [0.4, 0.5) is 4.39 Å². The fourth-order valence-corrected chi connectivity index (χ4v) is 3.86. The van der Waals surface area contributed by atoms with Gasteiger partial charge < -0.3 is 10.6 Å². The molecular weight excluding hydrogens is 293 g/mol. The molecular formula is C14H24FN3O2S. The average molecular weight is 317 g/mol. The molecule has 0 aliphatic heterocycles. The number of nitrogens with zero attached hydrogens (tertiary/aromatic N) is 2. The maximum atomic E-state index is 13.7. The third kappa shape index (κ3) is 4.47. The van der Waals surface area contributed by atoms with E-state index in [4.69, 9.17) is 5.73 Å². The van der Waals surface area contributed by atoms with E-state index in [1.165, 1.54) is 22.5 Å². The summed E-state index contributed by atoms with van der Waals surface area (Å²) in [4.78, 5) is 1.96. The minimum Gasteiger partial charge on any atom is -0.326 e. The lowest BCUT2D eigenvalue weighted by molar-refractivity contribution is 0.356. The number of hydrogen-bond acceptors (Lipinski definition) is 4. The standard InChI is InChI=1S/C14H24FN3O2S/c1-4-18(10-6-9-17(2)3)21(19,20)14-8-5-7-13(15)12(14)11-16/h5,7-8H,4,6,9-11,16H2,1-3H3. The lowest BCUT2D eigenvalue weighted by Crippen LogP contribution is -2.34. The highest BCUT2D eigenvalue weighted by Crippen LogP contribution is 2.22. The lowest BCUT2D eigenvalue weighted by atomic mass is 10.2. The average Bonchev–Trinajstić information content (AvgIpc) is 2.42.